The third-order valence-corrected chi connectivity index (χ3v) is 4.23. The van der Waals surface area contributed by atoms with Gasteiger partial charge < -0.3 is 15.0 Å². The van der Waals surface area contributed by atoms with Crippen LogP contribution in [0.4, 0.5) is 5.69 Å². The van der Waals surface area contributed by atoms with Gasteiger partial charge in [-0.2, -0.15) is 0 Å². The molecule has 1 aliphatic heterocycles. The Bertz CT molecular complexity index is 888. The number of rotatable bonds is 5. The topological polar surface area (TPSA) is 102 Å². The van der Waals surface area contributed by atoms with Crippen LogP contribution in [-0.4, -0.2) is 47.9 Å². The zero-order valence-corrected chi connectivity index (χ0v) is 15.0. The number of morpholine rings is 1. The third-order valence-electron chi connectivity index (χ3n) is 4.23. The average molecular weight is 381 g/mol. The largest absolute Gasteiger partial charge is 0.378 e. The van der Waals surface area contributed by atoms with E-state index in [0.29, 0.717) is 37.4 Å². The monoisotopic (exact) mass is 381 g/mol. The van der Waals surface area contributed by atoms with E-state index in [1.807, 2.05) is 0 Å². The molecule has 0 spiro atoms. The SMILES string of the molecule is O=C(N/C(=C/c1ccc([N+](=O)[O-])cc1)C(=O)N1CCOCC1)c1ccccc1. The Morgan fingerprint density at radius 2 is 1.68 bits per heavy atom. The second kappa shape index (κ2) is 8.92. The molecule has 3 rings (SSSR count). The smallest absolute Gasteiger partial charge is 0.270 e. The van der Waals surface area contributed by atoms with Crippen LogP contribution in [0.25, 0.3) is 6.08 Å². The number of nitrogens with one attached hydrogen (secondary N) is 1. The number of carbonyl (C=O) groups is 2. The highest BCUT2D eigenvalue weighted by molar-refractivity contribution is 6.05. The molecule has 0 unspecified atom stereocenters. The van der Waals surface area contributed by atoms with Crippen molar-refractivity contribution in [2.75, 3.05) is 26.3 Å². The molecule has 8 heteroatoms. The lowest BCUT2D eigenvalue weighted by molar-refractivity contribution is -0.384. The summed E-state index contributed by atoms with van der Waals surface area (Å²) in [4.78, 5) is 37.4. The molecule has 1 heterocycles. The van der Waals surface area contributed by atoms with E-state index in [9.17, 15) is 19.7 Å². The van der Waals surface area contributed by atoms with Gasteiger partial charge in [0.25, 0.3) is 17.5 Å². The fourth-order valence-electron chi connectivity index (χ4n) is 2.73. The molecule has 2 aromatic carbocycles. The van der Waals surface area contributed by atoms with Crippen LogP contribution in [-0.2, 0) is 9.53 Å². The van der Waals surface area contributed by atoms with E-state index in [0.717, 1.165) is 0 Å². The van der Waals surface area contributed by atoms with E-state index in [2.05, 4.69) is 5.32 Å². The minimum atomic E-state index is -0.496. The molecule has 0 aliphatic carbocycles. The van der Waals surface area contributed by atoms with E-state index in [-0.39, 0.29) is 17.3 Å². The van der Waals surface area contributed by atoms with Gasteiger partial charge in [-0.15, -0.1) is 0 Å². The Labute approximate surface area is 161 Å². The van der Waals surface area contributed by atoms with Crippen LogP contribution >= 0.6 is 0 Å². The number of hydrogen-bond acceptors (Lipinski definition) is 5. The first-order valence-corrected chi connectivity index (χ1v) is 8.74. The molecule has 8 nitrogen and oxygen atoms in total. The minimum Gasteiger partial charge on any atom is -0.378 e. The van der Waals surface area contributed by atoms with E-state index < -0.39 is 10.8 Å². The molecule has 2 aromatic rings. The summed E-state index contributed by atoms with van der Waals surface area (Å²) in [7, 11) is 0. The van der Waals surface area contributed by atoms with Crippen molar-refractivity contribution in [1.82, 2.24) is 10.2 Å². The summed E-state index contributed by atoms with van der Waals surface area (Å²) in [6.45, 7) is 1.72. The highest BCUT2D eigenvalue weighted by atomic mass is 16.6. The first kappa shape index (κ1) is 19.2. The molecule has 1 fully saturated rings. The van der Waals surface area contributed by atoms with Crippen LogP contribution < -0.4 is 5.32 Å². The van der Waals surface area contributed by atoms with Gasteiger partial charge in [0.1, 0.15) is 5.70 Å². The normalized spacial score (nSPS) is 14.4. The Morgan fingerprint density at radius 3 is 2.29 bits per heavy atom. The van der Waals surface area contributed by atoms with Crippen molar-refractivity contribution >= 4 is 23.6 Å². The Balaban J connectivity index is 1.87. The Morgan fingerprint density at radius 1 is 1.04 bits per heavy atom. The fraction of sp³-hybridized carbons (Fsp3) is 0.200. The molecule has 1 aliphatic rings. The van der Waals surface area contributed by atoms with Gasteiger partial charge in [0, 0.05) is 30.8 Å². The van der Waals surface area contributed by atoms with Gasteiger partial charge in [-0.25, -0.2) is 0 Å². The Kier molecular flexibility index (Phi) is 6.13. The fourth-order valence-corrected chi connectivity index (χ4v) is 2.73. The van der Waals surface area contributed by atoms with E-state index in [1.54, 1.807) is 35.2 Å². The van der Waals surface area contributed by atoms with Crippen LogP contribution in [0.2, 0.25) is 0 Å². The number of carbonyl (C=O) groups excluding carboxylic acids is 2. The lowest BCUT2D eigenvalue weighted by atomic mass is 10.1. The van der Waals surface area contributed by atoms with Gasteiger partial charge in [-0.05, 0) is 35.9 Å². The van der Waals surface area contributed by atoms with Gasteiger partial charge in [0.15, 0.2) is 0 Å². The number of nitro benzene ring substituents is 1. The maximum absolute atomic E-state index is 12.9. The lowest BCUT2D eigenvalue weighted by Gasteiger charge is -2.27. The second-order valence-electron chi connectivity index (χ2n) is 6.13. The molecule has 0 aromatic heterocycles. The summed E-state index contributed by atoms with van der Waals surface area (Å²) in [6, 6.07) is 14.3. The lowest BCUT2D eigenvalue weighted by Crippen LogP contribution is -2.44. The maximum Gasteiger partial charge on any atom is 0.270 e. The first-order chi connectivity index (χ1) is 13.5. The van der Waals surface area contributed by atoms with Crippen LogP contribution in [0.15, 0.2) is 60.3 Å². The number of ether oxygens (including phenoxy) is 1. The van der Waals surface area contributed by atoms with Gasteiger partial charge in [0.05, 0.1) is 18.1 Å². The summed E-state index contributed by atoms with van der Waals surface area (Å²) in [5.74, 6) is -0.735. The van der Waals surface area contributed by atoms with Crippen molar-refractivity contribution in [3.8, 4) is 0 Å². The predicted octanol–water partition coefficient (Wildman–Crippen LogP) is 2.22. The zero-order chi connectivity index (χ0) is 19.9. The van der Waals surface area contributed by atoms with Crippen molar-refractivity contribution in [2.45, 2.75) is 0 Å². The molecule has 1 N–H and O–H groups in total. The van der Waals surface area contributed by atoms with Crippen LogP contribution in [0.5, 0.6) is 0 Å². The molecule has 0 atom stereocenters. The van der Waals surface area contributed by atoms with E-state index >= 15 is 0 Å². The van der Waals surface area contributed by atoms with Crippen molar-refractivity contribution < 1.29 is 19.2 Å². The van der Waals surface area contributed by atoms with Crippen molar-refractivity contribution in [3.05, 3.63) is 81.5 Å². The molecule has 0 radical (unpaired) electrons. The van der Waals surface area contributed by atoms with Crippen LogP contribution in [0.3, 0.4) is 0 Å². The summed E-state index contributed by atoms with van der Waals surface area (Å²) in [6.07, 6.45) is 1.52. The second-order valence-corrected chi connectivity index (χ2v) is 6.13. The molecular weight excluding hydrogens is 362 g/mol. The first-order valence-electron chi connectivity index (χ1n) is 8.74. The zero-order valence-electron chi connectivity index (χ0n) is 15.0. The van der Waals surface area contributed by atoms with E-state index in [4.69, 9.17) is 4.74 Å². The highest BCUT2D eigenvalue weighted by Crippen LogP contribution is 2.15. The predicted molar refractivity (Wildman–Crippen MR) is 102 cm³/mol. The number of hydrogen-bond donors (Lipinski definition) is 1. The van der Waals surface area contributed by atoms with Crippen molar-refractivity contribution in [3.63, 3.8) is 0 Å². The number of nitro groups is 1. The van der Waals surface area contributed by atoms with Gasteiger partial charge in [-0.1, -0.05) is 18.2 Å². The quantitative estimate of drug-likeness (QED) is 0.486. The number of non-ortho nitro benzene ring substituents is 1. The minimum absolute atomic E-state index is 0.0495. The molecule has 28 heavy (non-hydrogen) atoms. The number of nitrogens with zero attached hydrogens (tertiary/aromatic N) is 2. The maximum atomic E-state index is 12.9. The standard InChI is InChI=1S/C20H19N3O5/c24-19(16-4-2-1-3-5-16)21-18(20(25)22-10-12-28-13-11-22)14-15-6-8-17(9-7-15)23(26)27/h1-9,14H,10-13H2,(H,21,24)/b18-14+. The molecule has 1 saturated heterocycles. The molecule has 0 saturated carbocycles. The summed E-state index contributed by atoms with van der Waals surface area (Å²) in [5.41, 5.74) is 1.04. The number of amides is 2. The van der Waals surface area contributed by atoms with Gasteiger partial charge in [-0.3, -0.25) is 19.7 Å². The van der Waals surface area contributed by atoms with E-state index in [1.165, 1.54) is 30.3 Å². The Hall–Kier alpha value is -3.52. The summed E-state index contributed by atoms with van der Waals surface area (Å²) < 4.78 is 5.27. The summed E-state index contributed by atoms with van der Waals surface area (Å²) in [5, 5.41) is 13.5. The number of benzene rings is 2. The van der Waals surface area contributed by atoms with Gasteiger partial charge >= 0.3 is 0 Å². The van der Waals surface area contributed by atoms with Crippen molar-refractivity contribution in [1.29, 1.82) is 0 Å². The van der Waals surface area contributed by atoms with Crippen molar-refractivity contribution in [2.24, 2.45) is 0 Å². The highest BCUT2D eigenvalue weighted by Gasteiger charge is 2.22. The third kappa shape index (κ3) is 4.80. The average Bonchev–Trinajstić information content (AvgIpc) is 2.74. The molecule has 144 valence electrons. The molecular formula is C20H19N3O5. The molecule has 0 bridgehead atoms. The van der Waals surface area contributed by atoms with Crippen LogP contribution in [0, 0.1) is 10.1 Å². The van der Waals surface area contributed by atoms with Gasteiger partial charge in [0.2, 0.25) is 0 Å². The van der Waals surface area contributed by atoms with Crippen LogP contribution in [0.1, 0.15) is 15.9 Å². The summed E-state index contributed by atoms with van der Waals surface area (Å²) >= 11 is 0. The molecule has 2 amide bonds.